The zero-order valence-electron chi connectivity index (χ0n) is 14.0. The number of benzene rings is 1. The van der Waals surface area contributed by atoms with Crippen molar-refractivity contribution >= 4 is 21.9 Å². The molecule has 2 rings (SSSR count). The molecule has 0 spiro atoms. The van der Waals surface area contributed by atoms with Crippen molar-refractivity contribution < 1.29 is 27.5 Å². The maximum absolute atomic E-state index is 13.9. The largest absolute Gasteiger partial charge is 0.478 e. The summed E-state index contributed by atoms with van der Waals surface area (Å²) in [6.07, 6.45) is 1.14. The second kappa shape index (κ2) is 7.49. The Morgan fingerprint density at radius 2 is 2.04 bits per heavy atom. The summed E-state index contributed by atoms with van der Waals surface area (Å²) in [7, 11) is -4.24. The molecule has 0 aromatic heterocycles. The van der Waals surface area contributed by atoms with Crippen molar-refractivity contribution in [3.05, 3.63) is 29.6 Å². The van der Waals surface area contributed by atoms with E-state index in [-0.39, 0.29) is 23.9 Å². The minimum atomic E-state index is -4.24. The van der Waals surface area contributed by atoms with Crippen molar-refractivity contribution in [3.63, 3.8) is 0 Å². The number of nitrogens with zero attached hydrogens (tertiary/aromatic N) is 1. The predicted molar refractivity (Wildman–Crippen MR) is 88.1 cm³/mol. The normalized spacial score (nSPS) is 18.4. The van der Waals surface area contributed by atoms with E-state index in [1.165, 1.54) is 0 Å². The SMILES string of the molecule is CC(C)C(=O)N1CCCC(NS(=O)(=O)c2cc(C(=O)O)ccc2F)C1. The zero-order valence-corrected chi connectivity index (χ0v) is 14.8. The first kappa shape index (κ1) is 19.3. The molecule has 1 saturated heterocycles. The van der Waals surface area contributed by atoms with E-state index in [0.29, 0.717) is 19.4 Å². The van der Waals surface area contributed by atoms with E-state index in [2.05, 4.69) is 4.72 Å². The molecular formula is C16H21FN2O5S. The van der Waals surface area contributed by atoms with E-state index in [9.17, 15) is 22.4 Å². The van der Waals surface area contributed by atoms with Crippen LogP contribution in [0.15, 0.2) is 23.1 Å². The van der Waals surface area contributed by atoms with E-state index in [4.69, 9.17) is 5.11 Å². The van der Waals surface area contributed by atoms with Crippen LogP contribution in [0.4, 0.5) is 4.39 Å². The number of carboxylic acid groups (broad SMARTS) is 1. The van der Waals surface area contributed by atoms with Crippen LogP contribution in [0.1, 0.15) is 37.0 Å². The molecule has 1 aromatic carbocycles. The molecule has 1 heterocycles. The summed E-state index contributed by atoms with van der Waals surface area (Å²) in [5, 5.41) is 8.95. The molecule has 1 aromatic rings. The molecule has 1 fully saturated rings. The third kappa shape index (κ3) is 4.55. The summed E-state index contributed by atoms with van der Waals surface area (Å²) in [5.41, 5.74) is -0.318. The number of carboxylic acids is 1. The maximum atomic E-state index is 13.9. The second-order valence-electron chi connectivity index (χ2n) is 6.35. The van der Waals surface area contributed by atoms with Crippen LogP contribution in [0.25, 0.3) is 0 Å². The fourth-order valence-corrected chi connectivity index (χ4v) is 4.13. The van der Waals surface area contributed by atoms with Gasteiger partial charge in [-0.1, -0.05) is 13.8 Å². The molecule has 0 bridgehead atoms. The van der Waals surface area contributed by atoms with E-state index in [0.717, 1.165) is 18.2 Å². The van der Waals surface area contributed by atoms with Gasteiger partial charge in [-0.2, -0.15) is 0 Å². The van der Waals surface area contributed by atoms with Gasteiger partial charge >= 0.3 is 5.97 Å². The monoisotopic (exact) mass is 372 g/mol. The van der Waals surface area contributed by atoms with Crippen molar-refractivity contribution in [2.24, 2.45) is 5.92 Å². The summed E-state index contributed by atoms with van der Waals surface area (Å²) >= 11 is 0. The van der Waals surface area contributed by atoms with Gasteiger partial charge in [0.05, 0.1) is 5.56 Å². The number of nitrogens with one attached hydrogen (secondary N) is 1. The highest BCUT2D eigenvalue weighted by atomic mass is 32.2. The topological polar surface area (TPSA) is 104 Å². The highest BCUT2D eigenvalue weighted by Gasteiger charge is 2.30. The summed E-state index contributed by atoms with van der Waals surface area (Å²) in [6, 6.07) is 2.06. The molecule has 25 heavy (non-hydrogen) atoms. The van der Waals surface area contributed by atoms with Gasteiger partial charge in [0, 0.05) is 25.0 Å². The number of piperidine rings is 1. The lowest BCUT2D eigenvalue weighted by Gasteiger charge is -2.34. The fourth-order valence-electron chi connectivity index (χ4n) is 2.76. The van der Waals surface area contributed by atoms with Gasteiger partial charge in [-0.05, 0) is 31.0 Å². The molecule has 0 saturated carbocycles. The Bertz CT molecular complexity index is 779. The minimum Gasteiger partial charge on any atom is -0.478 e. The fraction of sp³-hybridized carbons (Fsp3) is 0.500. The number of halogens is 1. The van der Waals surface area contributed by atoms with Crippen LogP contribution < -0.4 is 4.72 Å². The van der Waals surface area contributed by atoms with Gasteiger partial charge in [0.15, 0.2) is 0 Å². The number of carbonyl (C=O) groups is 2. The molecule has 1 aliphatic rings. The smallest absolute Gasteiger partial charge is 0.335 e. The Hall–Kier alpha value is -2.00. The van der Waals surface area contributed by atoms with Gasteiger partial charge < -0.3 is 10.0 Å². The molecule has 7 nitrogen and oxygen atoms in total. The third-order valence-electron chi connectivity index (χ3n) is 4.02. The Morgan fingerprint density at radius 3 is 2.64 bits per heavy atom. The van der Waals surface area contributed by atoms with E-state index in [1.54, 1.807) is 18.7 Å². The van der Waals surface area contributed by atoms with Crippen molar-refractivity contribution in [2.75, 3.05) is 13.1 Å². The number of rotatable bonds is 5. The highest BCUT2D eigenvalue weighted by Crippen LogP contribution is 2.19. The Balaban J connectivity index is 2.20. The van der Waals surface area contributed by atoms with E-state index < -0.39 is 32.7 Å². The maximum Gasteiger partial charge on any atom is 0.335 e. The van der Waals surface area contributed by atoms with Gasteiger partial charge in [-0.3, -0.25) is 4.79 Å². The predicted octanol–water partition coefficient (Wildman–Crippen LogP) is 1.45. The lowest BCUT2D eigenvalue weighted by molar-refractivity contribution is -0.135. The Kier molecular flexibility index (Phi) is 5.79. The van der Waals surface area contributed by atoms with Crippen molar-refractivity contribution in [3.8, 4) is 0 Å². The van der Waals surface area contributed by atoms with E-state index >= 15 is 0 Å². The Labute approximate surface area is 145 Å². The van der Waals surface area contributed by atoms with Crippen LogP contribution in [-0.2, 0) is 14.8 Å². The summed E-state index contributed by atoms with van der Waals surface area (Å²) in [5.74, 6) is -2.63. The van der Waals surface area contributed by atoms with Crippen LogP contribution in [0, 0.1) is 11.7 Å². The highest BCUT2D eigenvalue weighted by molar-refractivity contribution is 7.89. The standard InChI is InChI=1S/C16H21FN2O5S/c1-10(2)15(20)19-7-3-4-12(9-19)18-25(23,24)14-8-11(16(21)22)5-6-13(14)17/h5-6,8,10,12,18H,3-4,7,9H2,1-2H3,(H,21,22). The number of likely N-dealkylation sites (tertiary alicyclic amines) is 1. The van der Waals surface area contributed by atoms with Crippen LogP contribution in [0.5, 0.6) is 0 Å². The van der Waals surface area contributed by atoms with Gasteiger partial charge in [-0.25, -0.2) is 22.3 Å². The molecule has 0 aliphatic carbocycles. The lowest BCUT2D eigenvalue weighted by Crippen LogP contribution is -2.50. The Morgan fingerprint density at radius 1 is 1.36 bits per heavy atom. The zero-order chi connectivity index (χ0) is 18.8. The molecule has 9 heteroatoms. The summed E-state index contributed by atoms with van der Waals surface area (Å²) in [4.78, 5) is 23.9. The molecule has 1 unspecified atom stereocenters. The number of amides is 1. The lowest BCUT2D eigenvalue weighted by atomic mass is 10.0. The summed E-state index contributed by atoms with van der Waals surface area (Å²) < 4.78 is 41.2. The van der Waals surface area contributed by atoms with Crippen molar-refractivity contribution in [2.45, 2.75) is 37.6 Å². The first-order valence-corrected chi connectivity index (χ1v) is 9.44. The number of aromatic carboxylic acids is 1. The molecular weight excluding hydrogens is 351 g/mol. The second-order valence-corrected chi connectivity index (χ2v) is 8.03. The molecule has 1 aliphatic heterocycles. The minimum absolute atomic E-state index is 0.0667. The van der Waals surface area contributed by atoms with Crippen LogP contribution in [-0.4, -0.2) is 49.4 Å². The van der Waals surface area contributed by atoms with Crippen LogP contribution in [0.3, 0.4) is 0 Å². The van der Waals surface area contributed by atoms with Gasteiger partial charge in [0.1, 0.15) is 10.7 Å². The molecule has 0 radical (unpaired) electrons. The first-order valence-electron chi connectivity index (χ1n) is 7.96. The number of carbonyl (C=O) groups excluding carboxylic acids is 1. The average molecular weight is 372 g/mol. The van der Waals surface area contributed by atoms with Gasteiger partial charge in [0.2, 0.25) is 15.9 Å². The number of hydrogen-bond donors (Lipinski definition) is 2. The van der Waals surface area contributed by atoms with Crippen LogP contribution in [0.2, 0.25) is 0 Å². The molecule has 1 atom stereocenters. The van der Waals surface area contributed by atoms with Gasteiger partial charge in [-0.15, -0.1) is 0 Å². The third-order valence-corrected chi connectivity index (χ3v) is 5.55. The van der Waals surface area contributed by atoms with E-state index in [1.807, 2.05) is 0 Å². The number of sulfonamides is 1. The molecule has 1 amide bonds. The molecule has 138 valence electrons. The van der Waals surface area contributed by atoms with Crippen molar-refractivity contribution in [1.82, 2.24) is 9.62 Å². The van der Waals surface area contributed by atoms with Gasteiger partial charge in [0.25, 0.3) is 0 Å². The van der Waals surface area contributed by atoms with Crippen molar-refractivity contribution in [1.29, 1.82) is 0 Å². The first-order chi connectivity index (χ1) is 11.6. The van der Waals surface area contributed by atoms with Crippen LogP contribution >= 0.6 is 0 Å². The number of hydrogen-bond acceptors (Lipinski definition) is 4. The molecule has 2 N–H and O–H groups in total. The average Bonchev–Trinajstić information content (AvgIpc) is 2.53. The summed E-state index contributed by atoms with van der Waals surface area (Å²) in [6.45, 7) is 4.29. The quantitative estimate of drug-likeness (QED) is 0.814.